The van der Waals surface area contributed by atoms with Gasteiger partial charge in [-0.2, -0.15) is 0 Å². The van der Waals surface area contributed by atoms with E-state index in [0.717, 1.165) is 10.9 Å². The molecule has 0 aliphatic heterocycles. The molecule has 1 heterocycles. The largest absolute Gasteiger partial charge is 0.328 e. The van der Waals surface area contributed by atoms with Crippen molar-refractivity contribution in [2.75, 3.05) is 0 Å². The first-order valence-electron chi connectivity index (χ1n) is 4.36. The molecule has 0 bridgehead atoms. The van der Waals surface area contributed by atoms with Crippen LogP contribution >= 0.6 is 0 Å². The number of rotatable bonds is 1. The zero-order valence-electron chi connectivity index (χ0n) is 8.11. The maximum atomic E-state index is 10.2. The van der Waals surface area contributed by atoms with Gasteiger partial charge in [-0.05, 0) is 24.6 Å². The Hall–Kier alpha value is -1.86. The molecule has 1 aromatic carbocycles. The lowest BCUT2D eigenvalue weighted by Crippen LogP contribution is -1.85. The van der Waals surface area contributed by atoms with Gasteiger partial charge in [0, 0.05) is 18.0 Å². The fourth-order valence-corrected chi connectivity index (χ4v) is 1.58. The van der Waals surface area contributed by atoms with E-state index < -0.39 is 0 Å². The molecule has 0 unspecified atom stereocenters. The summed E-state index contributed by atoms with van der Waals surface area (Å²) in [5, 5.41) is 1.09. The van der Waals surface area contributed by atoms with Gasteiger partial charge in [0.2, 0.25) is 6.08 Å². The van der Waals surface area contributed by atoms with E-state index in [9.17, 15) is 4.79 Å². The highest BCUT2D eigenvalue weighted by Gasteiger charge is 2.03. The van der Waals surface area contributed by atoms with Crippen LogP contribution in [0.3, 0.4) is 0 Å². The molecule has 70 valence electrons. The Morgan fingerprint density at radius 1 is 1.36 bits per heavy atom. The summed E-state index contributed by atoms with van der Waals surface area (Å²) in [5.41, 5.74) is 2.28. The molecule has 0 aliphatic carbocycles. The molecular weight excluding hydrogens is 176 g/mol. The molecule has 0 aliphatic rings. The Bertz CT molecular complexity index is 533. The van der Waals surface area contributed by atoms with Gasteiger partial charge in [0.15, 0.2) is 0 Å². The van der Waals surface area contributed by atoms with Crippen molar-refractivity contribution in [2.45, 2.75) is 6.92 Å². The Kier molecular flexibility index (Phi) is 1.95. The van der Waals surface area contributed by atoms with E-state index >= 15 is 0 Å². The van der Waals surface area contributed by atoms with Crippen molar-refractivity contribution in [1.29, 1.82) is 0 Å². The van der Waals surface area contributed by atoms with Crippen molar-refractivity contribution in [3.05, 3.63) is 29.8 Å². The topological polar surface area (TPSA) is 34.4 Å². The average Bonchev–Trinajstić information content (AvgIpc) is 2.46. The molecule has 2 rings (SSSR count). The Labute approximate surface area is 81.7 Å². The third-order valence-electron chi connectivity index (χ3n) is 2.34. The number of carbonyl (C=O) groups excluding carboxylic acids is 1. The highest BCUT2D eigenvalue weighted by molar-refractivity contribution is 5.85. The smallest absolute Gasteiger partial charge is 0.242 e. The molecule has 2 aromatic rings. The summed E-state index contributed by atoms with van der Waals surface area (Å²) in [6.45, 7) is 2.04. The first-order chi connectivity index (χ1) is 6.72. The van der Waals surface area contributed by atoms with Crippen molar-refractivity contribution in [3.8, 4) is 0 Å². The zero-order chi connectivity index (χ0) is 10.1. The lowest BCUT2D eigenvalue weighted by Gasteiger charge is -1.98. The van der Waals surface area contributed by atoms with E-state index in [2.05, 4.69) is 11.1 Å². The Morgan fingerprint density at radius 2 is 2.14 bits per heavy atom. The number of aliphatic imine (C=N–C) groups is 1. The van der Waals surface area contributed by atoms with Crippen LogP contribution in [0.5, 0.6) is 0 Å². The van der Waals surface area contributed by atoms with Crippen LogP contribution in [0.25, 0.3) is 10.9 Å². The first kappa shape index (κ1) is 8.73. The molecule has 14 heavy (non-hydrogen) atoms. The van der Waals surface area contributed by atoms with Gasteiger partial charge in [0.25, 0.3) is 0 Å². The SMILES string of the molecule is Cc1ccc2cc(N=C=O)n(C)c2c1. The monoisotopic (exact) mass is 186 g/mol. The second-order valence-corrected chi connectivity index (χ2v) is 3.33. The minimum atomic E-state index is 0.639. The predicted octanol–water partition coefficient (Wildman–Crippen LogP) is 2.45. The highest BCUT2D eigenvalue weighted by atomic mass is 16.1. The van der Waals surface area contributed by atoms with Crippen LogP contribution in [-0.4, -0.2) is 10.6 Å². The lowest BCUT2D eigenvalue weighted by atomic mass is 10.2. The van der Waals surface area contributed by atoms with E-state index in [4.69, 9.17) is 0 Å². The standard InChI is InChI=1S/C11H10N2O/c1-8-3-4-9-6-11(12-7-14)13(2)10(9)5-8/h3-6H,1-2H3. The van der Waals surface area contributed by atoms with E-state index in [-0.39, 0.29) is 0 Å². The molecule has 0 radical (unpaired) electrons. The van der Waals surface area contributed by atoms with Crippen LogP contribution in [0.4, 0.5) is 5.82 Å². The summed E-state index contributed by atoms with van der Waals surface area (Å²) in [5.74, 6) is 0.639. The first-order valence-corrected chi connectivity index (χ1v) is 4.36. The summed E-state index contributed by atoms with van der Waals surface area (Å²) in [6, 6.07) is 8.00. The fraction of sp³-hybridized carbons (Fsp3) is 0.182. The van der Waals surface area contributed by atoms with Gasteiger partial charge >= 0.3 is 0 Å². The van der Waals surface area contributed by atoms with Crippen LogP contribution in [0.15, 0.2) is 29.3 Å². The second-order valence-electron chi connectivity index (χ2n) is 3.33. The van der Waals surface area contributed by atoms with Crippen molar-refractivity contribution >= 4 is 22.8 Å². The van der Waals surface area contributed by atoms with Crippen molar-refractivity contribution in [2.24, 2.45) is 12.0 Å². The molecule has 3 nitrogen and oxygen atoms in total. The summed E-state index contributed by atoms with van der Waals surface area (Å²) in [7, 11) is 1.89. The van der Waals surface area contributed by atoms with Crippen molar-refractivity contribution in [3.63, 3.8) is 0 Å². The number of fused-ring (bicyclic) bond motifs is 1. The van der Waals surface area contributed by atoms with Gasteiger partial charge in [-0.25, -0.2) is 4.79 Å². The van der Waals surface area contributed by atoms with Gasteiger partial charge in [-0.3, -0.25) is 0 Å². The summed E-state index contributed by atoms with van der Waals surface area (Å²) >= 11 is 0. The van der Waals surface area contributed by atoms with Crippen LogP contribution in [0, 0.1) is 6.92 Å². The van der Waals surface area contributed by atoms with Crippen molar-refractivity contribution in [1.82, 2.24) is 4.57 Å². The number of hydrogen-bond donors (Lipinski definition) is 0. The lowest BCUT2D eigenvalue weighted by molar-refractivity contribution is 0.565. The van der Waals surface area contributed by atoms with Gasteiger partial charge in [-0.15, -0.1) is 4.99 Å². The van der Waals surface area contributed by atoms with Gasteiger partial charge < -0.3 is 4.57 Å². The zero-order valence-corrected chi connectivity index (χ0v) is 8.11. The van der Waals surface area contributed by atoms with Crippen LogP contribution in [0.1, 0.15) is 5.56 Å². The number of aryl methyl sites for hydroxylation is 2. The third-order valence-corrected chi connectivity index (χ3v) is 2.34. The number of benzene rings is 1. The molecule has 0 fully saturated rings. The maximum absolute atomic E-state index is 10.2. The second kappa shape index (κ2) is 3.13. The molecule has 0 spiro atoms. The Morgan fingerprint density at radius 3 is 2.86 bits per heavy atom. The Balaban J connectivity index is 2.80. The highest BCUT2D eigenvalue weighted by Crippen LogP contribution is 2.24. The normalized spacial score (nSPS) is 10.1. The van der Waals surface area contributed by atoms with Crippen molar-refractivity contribution < 1.29 is 4.79 Å². The van der Waals surface area contributed by atoms with Gasteiger partial charge in [-0.1, -0.05) is 12.1 Å². The molecule has 1 aromatic heterocycles. The molecule has 0 atom stereocenters. The number of nitrogens with zero attached hydrogens (tertiary/aromatic N) is 2. The average molecular weight is 186 g/mol. The number of hydrogen-bond acceptors (Lipinski definition) is 2. The molecular formula is C11H10N2O. The molecule has 0 saturated carbocycles. The predicted molar refractivity (Wildman–Crippen MR) is 55.4 cm³/mol. The number of isocyanates is 1. The summed E-state index contributed by atoms with van der Waals surface area (Å²) in [6.07, 6.45) is 1.55. The van der Waals surface area contributed by atoms with E-state index in [1.54, 1.807) is 6.08 Å². The van der Waals surface area contributed by atoms with Crippen LogP contribution < -0.4 is 0 Å². The van der Waals surface area contributed by atoms with Crippen LogP contribution in [0.2, 0.25) is 0 Å². The third kappa shape index (κ3) is 1.24. The molecule has 0 amide bonds. The molecule has 3 heteroatoms. The maximum Gasteiger partial charge on any atom is 0.242 e. The minimum absolute atomic E-state index is 0.639. The summed E-state index contributed by atoms with van der Waals surface area (Å²) < 4.78 is 1.88. The van der Waals surface area contributed by atoms with E-state index in [1.165, 1.54) is 5.56 Å². The fourth-order valence-electron chi connectivity index (χ4n) is 1.58. The number of aromatic nitrogens is 1. The van der Waals surface area contributed by atoms with E-state index in [0.29, 0.717) is 5.82 Å². The van der Waals surface area contributed by atoms with Gasteiger partial charge in [0.1, 0.15) is 5.82 Å². The summed E-state index contributed by atoms with van der Waals surface area (Å²) in [4.78, 5) is 13.8. The van der Waals surface area contributed by atoms with Crippen LogP contribution in [-0.2, 0) is 11.8 Å². The minimum Gasteiger partial charge on any atom is -0.328 e. The van der Waals surface area contributed by atoms with Gasteiger partial charge in [0.05, 0.1) is 0 Å². The molecule has 0 N–H and O–H groups in total. The molecule has 0 saturated heterocycles. The van der Waals surface area contributed by atoms with E-state index in [1.807, 2.05) is 36.7 Å². The quantitative estimate of drug-likeness (QED) is 0.497.